The van der Waals surface area contributed by atoms with Crippen LogP contribution in [-0.2, 0) is 13.0 Å². The highest BCUT2D eigenvalue weighted by atomic mass is 32.1. The Morgan fingerprint density at radius 1 is 1.25 bits per heavy atom. The van der Waals surface area contributed by atoms with Crippen molar-refractivity contribution >= 4 is 17.3 Å². The van der Waals surface area contributed by atoms with E-state index in [4.69, 9.17) is 0 Å². The van der Waals surface area contributed by atoms with Crippen molar-refractivity contribution < 1.29 is 0 Å². The van der Waals surface area contributed by atoms with Crippen LogP contribution in [0.3, 0.4) is 0 Å². The summed E-state index contributed by atoms with van der Waals surface area (Å²) in [4.78, 5) is 13.4. The van der Waals surface area contributed by atoms with Crippen molar-refractivity contribution in [2.45, 2.75) is 13.0 Å². The Labute approximate surface area is 118 Å². The van der Waals surface area contributed by atoms with Crippen molar-refractivity contribution in [1.82, 2.24) is 35.2 Å². The Morgan fingerprint density at radius 3 is 2.95 bits per heavy atom. The summed E-state index contributed by atoms with van der Waals surface area (Å²) >= 11 is 1.59. The topological polar surface area (TPSA) is 94.3 Å². The van der Waals surface area contributed by atoms with E-state index in [-0.39, 0.29) is 0 Å². The molecule has 0 spiro atoms. The minimum absolute atomic E-state index is 0.601. The third-order valence-corrected chi connectivity index (χ3v) is 3.37. The van der Waals surface area contributed by atoms with Crippen LogP contribution in [0.5, 0.6) is 0 Å². The molecule has 0 atom stereocenters. The highest BCUT2D eigenvalue weighted by Crippen LogP contribution is 2.10. The van der Waals surface area contributed by atoms with E-state index in [9.17, 15) is 0 Å². The molecule has 0 aliphatic carbocycles. The molecule has 0 aromatic carbocycles. The largest absolute Gasteiger partial charge is 0.352 e. The predicted molar refractivity (Wildman–Crippen MR) is 73.3 cm³/mol. The van der Waals surface area contributed by atoms with Gasteiger partial charge in [0.1, 0.15) is 0 Å². The number of hydrogen-bond donors (Lipinski definition) is 1. The van der Waals surface area contributed by atoms with Crippen LogP contribution >= 0.6 is 11.3 Å². The second-order valence-corrected chi connectivity index (χ2v) is 4.93. The molecular weight excluding hydrogens is 276 g/mol. The van der Waals surface area contributed by atoms with Gasteiger partial charge in [0.25, 0.3) is 0 Å². The van der Waals surface area contributed by atoms with Crippen molar-refractivity contribution in [1.29, 1.82) is 0 Å². The van der Waals surface area contributed by atoms with Gasteiger partial charge in [-0.3, -0.25) is 4.98 Å². The number of tetrazole rings is 1. The molecule has 3 aromatic rings. The van der Waals surface area contributed by atoms with Gasteiger partial charge in [0.15, 0.2) is 5.82 Å². The van der Waals surface area contributed by atoms with Gasteiger partial charge in [0.2, 0.25) is 5.95 Å². The highest BCUT2D eigenvalue weighted by molar-refractivity contribution is 7.09. The van der Waals surface area contributed by atoms with Crippen LogP contribution in [0.15, 0.2) is 30.2 Å². The van der Waals surface area contributed by atoms with Crippen LogP contribution < -0.4 is 5.32 Å². The van der Waals surface area contributed by atoms with Crippen molar-refractivity contribution in [3.8, 4) is 0 Å². The van der Waals surface area contributed by atoms with E-state index >= 15 is 0 Å². The number of rotatable bonds is 6. The maximum absolute atomic E-state index is 4.09. The second kappa shape index (κ2) is 6.15. The summed E-state index contributed by atoms with van der Waals surface area (Å²) in [6.07, 6.45) is 5.92. The van der Waals surface area contributed by atoms with E-state index in [2.05, 4.69) is 35.8 Å². The molecule has 8 nitrogen and oxygen atoms in total. The van der Waals surface area contributed by atoms with Gasteiger partial charge in [-0.05, 0) is 16.5 Å². The van der Waals surface area contributed by atoms with E-state index in [1.54, 1.807) is 40.0 Å². The van der Waals surface area contributed by atoms with Crippen LogP contribution in [0.1, 0.15) is 10.7 Å². The lowest BCUT2D eigenvalue weighted by atomic mass is 10.3. The molecule has 0 amide bonds. The van der Waals surface area contributed by atoms with Gasteiger partial charge in [0, 0.05) is 36.4 Å². The Hall–Kier alpha value is -2.42. The fraction of sp³-hybridized carbons (Fsp3) is 0.273. The van der Waals surface area contributed by atoms with Crippen LogP contribution in [0.4, 0.5) is 5.95 Å². The molecule has 102 valence electrons. The average molecular weight is 288 g/mol. The molecule has 9 heteroatoms. The molecule has 3 aromatic heterocycles. The molecule has 1 N–H and O–H groups in total. The first-order valence-corrected chi connectivity index (χ1v) is 6.93. The molecule has 0 saturated carbocycles. The van der Waals surface area contributed by atoms with Gasteiger partial charge in [-0.2, -0.15) is 0 Å². The first kappa shape index (κ1) is 12.6. The van der Waals surface area contributed by atoms with Crippen LogP contribution in [0, 0.1) is 0 Å². The normalized spacial score (nSPS) is 10.6. The summed E-state index contributed by atoms with van der Waals surface area (Å²) in [6, 6.07) is 1.78. The number of thiazole rings is 1. The Bertz CT molecular complexity index is 636. The number of nitrogens with zero attached hydrogens (tertiary/aromatic N) is 7. The van der Waals surface area contributed by atoms with Gasteiger partial charge in [-0.1, -0.05) is 0 Å². The van der Waals surface area contributed by atoms with E-state index in [0.717, 1.165) is 10.7 Å². The number of hydrogen-bond acceptors (Lipinski definition) is 8. The Balaban J connectivity index is 1.57. The molecule has 20 heavy (non-hydrogen) atoms. The summed E-state index contributed by atoms with van der Waals surface area (Å²) in [6.45, 7) is 1.31. The summed E-state index contributed by atoms with van der Waals surface area (Å²) in [5, 5.41) is 14.9. The highest BCUT2D eigenvalue weighted by Gasteiger charge is 2.08. The van der Waals surface area contributed by atoms with Gasteiger partial charge in [0.05, 0.1) is 12.1 Å². The lowest BCUT2D eigenvalue weighted by Gasteiger charge is -2.05. The zero-order chi connectivity index (χ0) is 13.6. The lowest BCUT2D eigenvalue weighted by molar-refractivity contribution is 0.587. The average Bonchev–Trinajstić information content (AvgIpc) is 3.13. The van der Waals surface area contributed by atoms with E-state index in [0.29, 0.717) is 25.5 Å². The summed E-state index contributed by atoms with van der Waals surface area (Å²) in [5.41, 5.74) is 1.80. The molecule has 0 unspecified atom stereocenters. The number of nitrogens with one attached hydrogen (secondary N) is 1. The number of anilines is 1. The molecule has 0 bridgehead atoms. The minimum atomic E-state index is 0.601. The van der Waals surface area contributed by atoms with Gasteiger partial charge < -0.3 is 5.32 Å². The fourth-order valence-corrected chi connectivity index (χ4v) is 2.26. The molecular formula is C11H12N8S. The van der Waals surface area contributed by atoms with Crippen molar-refractivity contribution in [2.75, 3.05) is 11.9 Å². The number of aromatic nitrogens is 7. The van der Waals surface area contributed by atoms with E-state index < -0.39 is 0 Å². The molecule has 0 saturated heterocycles. The van der Waals surface area contributed by atoms with Crippen molar-refractivity contribution in [3.63, 3.8) is 0 Å². The smallest absolute Gasteiger partial charge is 0.222 e. The molecule has 0 aliphatic heterocycles. The summed E-state index contributed by atoms with van der Waals surface area (Å²) < 4.78 is 1.77. The lowest BCUT2D eigenvalue weighted by Crippen LogP contribution is -2.15. The Kier molecular flexibility index (Phi) is 3.88. The first-order valence-electron chi connectivity index (χ1n) is 6.05. The molecule has 0 aliphatic rings. The zero-order valence-corrected chi connectivity index (χ0v) is 11.4. The van der Waals surface area contributed by atoms with Gasteiger partial charge in [-0.25, -0.2) is 14.6 Å². The third-order valence-electron chi connectivity index (χ3n) is 2.59. The molecule has 0 fully saturated rings. The van der Waals surface area contributed by atoms with E-state index in [1.807, 2.05) is 6.20 Å². The van der Waals surface area contributed by atoms with Crippen LogP contribution in [0.2, 0.25) is 0 Å². The predicted octanol–water partition coefficient (Wildman–Crippen LogP) is 0.622. The molecule has 0 radical (unpaired) electrons. The monoisotopic (exact) mass is 288 g/mol. The standard InChI is InChI=1S/C11H12N8S/c1-2-13-11(14-3-1)15-4-5-19-10(16-17-18-19)6-9-7-12-8-20-9/h1-3,7-8H,4-6H2,(H,13,14,15). The van der Waals surface area contributed by atoms with Crippen molar-refractivity contribution in [2.24, 2.45) is 0 Å². The first-order chi connectivity index (χ1) is 9.92. The van der Waals surface area contributed by atoms with Crippen LogP contribution in [-0.4, -0.2) is 41.7 Å². The molecule has 3 heterocycles. The Morgan fingerprint density at radius 2 is 2.15 bits per heavy atom. The third kappa shape index (κ3) is 3.12. The van der Waals surface area contributed by atoms with E-state index in [1.165, 1.54) is 0 Å². The molecule has 3 rings (SSSR count). The summed E-state index contributed by atoms with van der Waals surface area (Å²) in [5.74, 6) is 1.43. The van der Waals surface area contributed by atoms with Gasteiger partial charge in [-0.15, -0.1) is 16.4 Å². The SMILES string of the molecule is c1cnc(NCCn2nnnc2Cc2cncs2)nc1. The fourth-order valence-electron chi connectivity index (χ4n) is 1.67. The maximum Gasteiger partial charge on any atom is 0.222 e. The summed E-state index contributed by atoms with van der Waals surface area (Å²) in [7, 11) is 0. The van der Waals surface area contributed by atoms with Crippen molar-refractivity contribution in [3.05, 3.63) is 40.9 Å². The van der Waals surface area contributed by atoms with Gasteiger partial charge >= 0.3 is 0 Å². The minimum Gasteiger partial charge on any atom is -0.352 e. The second-order valence-electron chi connectivity index (χ2n) is 3.96. The zero-order valence-electron chi connectivity index (χ0n) is 10.5. The maximum atomic E-state index is 4.09. The quantitative estimate of drug-likeness (QED) is 0.710. The van der Waals surface area contributed by atoms with Crippen LogP contribution in [0.25, 0.3) is 0 Å².